The number of halogens is 1. The summed E-state index contributed by atoms with van der Waals surface area (Å²) in [5.74, 6) is -0.0643. The van der Waals surface area contributed by atoms with Gasteiger partial charge in [0.1, 0.15) is 4.88 Å². The molecule has 1 aromatic rings. The van der Waals surface area contributed by atoms with E-state index in [0.717, 1.165) is 16.0 Å². The number of nitrogens with one attached hydrogen (secondary N) is 1. The molecule has 0 aromatic carbocycles. The number of alkyl halides is 1. The predicted octanol–water partition coefficient (Wildman–Crippen LogP) is 1.90. The van der Waals surface area contributed by atoms with Crippen molar-refractivity contribution in [1.29, 1.82) is 0 Å². The lowest BCUT2D eigenvalue weighted by Crippen LogP contribution is -2.27. The number of rotatable bonds is 6. The van der Waals surface area contributed by atoms with Crippen LogP contribution in [0.25, 0.3) is 0 Å². The van der Waals surface area contributed by atoms with E-state index in [1.54, 1.807) is 0 Å². The van der Waals surface area contributed by atoms with Crippen LogP contribution in [0.1, 0.15) is 20.4 Å². The van der Waals surface area contributed by atoms with Crippen LogP contribution in [0.15, 0.2) is 0 Å². The summed E-state index contributed by atoms with van der Waals surface area (Å²) >= 11 is 4.68. The van der Waals surface area contributed by atoms with Crippen molar-refractivity contribution >= 4 is 33.2 Å². The van der Waals surface area contributed by atoms with Gasteiger partial charge in [-0.05, 0) is 13.8 Å². The van der Waals surface area contributed by atoms with Crippen LogP contribution < -0.4 is 5.32 Å². The van der Waals surface area contributed by atoms with Gasteiger partial charge in [-0.2, -0.15) is 0 Å². The van der Waals surface area contributed by atoms with Gasteiger partial charge in [0.15, 0.2) is 0 Å². The molecule has 0 aliphatic rings. The van der Waals surface area contributed by atoms with Crippen LogP contribution in [0, 0.1) is 13.8 Å². The fourth-order valence-electron chi connectivity index (χ4n) is 1.22. The molecule has 1 amide bonds. The van der Waals surface area contributed by atoms with Crippen LogP contribution in [0.2, 0.25) is 0 Å². The minimum atomic E-state index is -0.0643. The van der Waals surface area contributed by atoms with Gasteiger partial charge in [-0.1, -0.05) is 15.9 Å². The van der Waals surface area contributed by atoms with Crippen LogP contribution in [-0.4, -0.2) is 36.0 Å². The third-order valence-corrected chi connectivity index (χ3v) is 3.26. The van der Waals surface area contributed by atoms with Gasteiger partial charge in [0.2, 0.25) is 0 Å². The molecule has 0 fully saturated rings. The third-order valence-electron chi connectivity index (χ3n) is 1.86. The molecule has 1 rings (SSSR count). The largest absolute Gasteiger partial charge is 0.379 e. The summed E-state index contributed by atoms with van der Waals surface area (Å²) in [6.45, 7) is 5.47. The number of carbonyl (C=O) groups excluding carboxylic acids is 1. The first-order chi connectivity index (χ1) is 7.65. The van der Waals surface area contributed by atoms with Crippen LogP contribution in [-0.2, 0) is 4.74 Å². The van der Waals surface area contributed by atoms with E-state index in [4.69, 9.17) is 4.74 Å². The average molecular weight is 307 g/mol. The molecule has 0 saturated carbocycles. The molecule has 90 valence electrons. The summed E-state index contributed by atoms with van der Waals surface area (Å²) in [5, 5.41) is 4.53. The van der Waals surface area contributed by atoms with Gasteiger partial charge in [0.05, 0.1) is 23.9 Å². The van der Waals surface area contributed by atoms with Gasteiger partial charge in [-0.3, -0.25) is 4.79 Å². The van der Waals surface area contributed by atoms with Gasteiger partial charge in [-0.15, -0.1) is 11.3 Å². The molecule has 1 N–H and O–H groups in total. The Labute approximate surface area is 108 Å². The van der Waals surface area contributed by atoms with Gasteiger partial charge in [-0.25, -0.2) is 4.98 Å². The Morgan fingerprint density at radius 1 is 1.50 bits per heavy atom. The highest BCUT2D eigenvalue weighted by Crippen LogP contribution is 2.16. The highest BCUT2D eigenvalue weighted by molar-refractivity contribution is 9.09. The lowest BCUT2D eigenvalue weighted by atomic mass is 10.4. The Morgan fingerprint density at radius 3 is 2.81 bits per heavy atom. The molecule has 0 atom stereocenters. The molecular weight excluding hydrogens is 292 g/mol. The Balaban J connectivity index is 2.33. The topological polar surface area (TPSA) is 51.2 Å². The zero-order valence-corrected chi connectivity index (χ0v) is 11.8. The van der Waals surface area contributed by atoms with E-state index in [1.807, 2.05) is 13.8 Å². The molecule has 0 radical (unpaired) electrons. The molecule has 1 heterocycles. The molecule has 0 bridgehead atoms. The van der Waals surface area contributed by atoms with E-state index in [1.165, 1.54) is 11.3 Å². The first-order valence-electron chi connectivity index (χ1n) is 5.01. The predicted molar refractivity (Wildman–Crippen MR) is 68.5 cm³/mol. The van der Waals surface area contributed by atoms with Crippen molar-refractivity contribution in [3.05, 3.63) is 15.6 Å². The number of hydrogen-bond acceptors (Lipinski definition) is 4. The molecule has 0 saturated heterocycles. The lowest BCUT2D eigenvalue weighted by molar-refractivity contribution is 0.0927. The Morgan fingerprint density at radius 2 is 2.25 bits per heavy atom. The number of amides is 1. The van der Waals surface area contributed by atoms with Crippen molar-refractivity contribution < 1.29 is 9.53 Å². The Bertz CT molecular complexity index is 355. The highest BCUT2D eigenvalue weighted by atomic mass is 79.9. The lowest BCUT2D eigenvalue weighted by Gasteiger charge is -2.04. The average Bonchev–Trinajstić information content (AvgIpc) is 2.57. The van der Waals surface area contributed by atoms with E-state index in [0.29, 0.717) is 24.6 Å². The van der Waals surface area contributed by atoms with Crippen LogP contribution in [0.3, 0.4) is 0 Å². The minimum Gasteiger partial charge on any atom is -0.379 e. The summed E-state index contributed by atoms with van der Waals surface area (Å²) in [6.07, 6.45) is 0. The molecule has 6 heteroatoms. The first-order valence-corrected chi connectivity index (χ1v) is 6.95. The monoisotopic (exact) mass is 306 g/mol. The smallest absolute Gasteiger partial charge is 0.263 e. The summed E-state index contributed by atoms with van der Waals surface area (Å²) in [5.41, 5.74) is 0.793. The van der Waals surface area contributed by atoms with E-state index in [9.17, 15) is 4.79 Å². The number of thiazole rings is 1. The summed E-state index contributed by atoms with van der Waals surface area (Å²) < 4.78 is 5.23. The second-order valence-corrected chi connectivity index (χ2v) is 5.20. The van der Waals surface area contributed by atoms with Crippen LogP contribution in [0.5, 0.6) is 0 Å². The normalized spacial score (nSPS) is 10.4. The molecule has 0 unspecified atom stereocenters. The van der Waals surface area contributed by atoms with Gasteiger partial charge in [0, 0.05) is 11.9 Å². The Kier molecular flexibility index (Phi) is 5.94. The number of ether oxygens (including phenoxy) is 1. The van der Waals surface area contributed by atoms with Crippen molar-refractivity contribution in [2.24, 2.45) is 0 Å². The van der Waals surface area contributed by atoms with Gasteiger partial charge in [0.25, 0.3) is 5.91 Å². The van der Waals surface area contributed by atoms with Crippen LogP contribution in [0.4, 0.5) is 0 Å². The zero-order chi connectivity index (χ0) is 12.0. The molecular formula is C10H15BrN2O2S. The number of hydrogen-bond donors (Lipinski definition) is 1. The van der Waals surface area contributed by atoms with Crippen LogP contribution >= 0.6 is 27.3 Å². The summed E-state index contributed by atoms with van der Waals surface area (Å²) in [6, 6.07) is 0. The second kappa shape index (κ2) is 6.98. The number of carbonyl (C=O) groups is 1. The second-order valence-electron chi connectivity index (χ2n) is 3.20. The molecule has 1 aromatic heterocycles. The highest BCUT2D eigenvalue weighted by Gasteiger charge is 2.12. The maximum absolute atomic E-state index is 11.7. The maximum atomic E-state index is 11.7. The minimum absolute atomic E-state index is 0.0643. The first kappa shape index (κ1) is 13.6. The molecule has 4 nitrogen and oxygen atoms in total. The molecule has 0 spiro atoms. The maximum Gasteiger partial charge on any atom is 0.263 e. The van der Waals surface area contributed by atoms with Gasteiger partial charge < -0.3 is 10.1 Å². The number of aryl methyl sites for hydroxylation is 2. The fraction of sp³-hybridized carbons (Fsp3) is 0.600. The standard InChI is InChI=1S/C10H15BrN2O2S/c1-7-9(16-8(2)13-7)10(14)12-4-6-15-5-3-11/h3-6H2,1-2H3,(H,12,14). The summed E-state index contributed by atoms with van der Waals surface area (Å²) in [7, 11) is 0. The molecule has 0 aliphatic heterocycles. The quantitative estimate of drug-likeness (QED) is 0.645. The van der Waals surface area contributed by atoms with E-state index < -0.39 is 0 Å². The molecule has 16 heavy (non-hydrogen) atoms. The van der Waals surface area contributed by atoms with E-state index in [-0.39, 0.29) is 5.91 Å². The van der Waals surface area contributed by atoms with Crippen molar-refractivity contribution in [2.75, 3.05) is 25.1 Å². The Hall–Kier alpha value is -0.460. The van der Waals surface area contributed by atoms with Crippen molar-refractivity contribution in [3.63, 3.8) is 0 Å². The van der Waals surface area contributed by atoms with Crippen molar-refractivity contribution in [2.45, 2.75) is 13.8 Å². The van der Waals surface area contributed by atoms with Crippen molar-refractivity contribution in [1.82, 2.24) is 10.3 Å². The van der Waals surface area contributed by atoms with E-state index >= 15 is 0 Å². The van der Waals surface area contributed by atoms with Gasteiger partial charge >= 0.3 is 0 Å². The number of aromatic nitrogens is 1. The third kappa shape index (κ3) is 4.19. The van der Waals surface area contributed by atoms with E-state index in [2.05, 4.69) is 26.2 Å². The zero-order valence-electron chi connectivity index (χ0n) is 9.38. The SMILES string of the molecule is Cc1nc(C)c(C(=O)NCCOCCBr)s1. The molecule has 0 aliphatic carbocycles. The fourth-order valence-corrected chi connectivity index (χ4v) is 2.28. The summed E-state index contributed by atoms with van der Waals surface area (Å²) in [4.78, 5) is 16.6. The number of nitrogens with zero attached hydrogens (tertiary/aromatic N) is 1. The van der Waals surface area contributed by atoms with Crippen molar-refractivity contribution in [3.8, 4) is 0 Å².